The Bertz CT molecular complexity index is 4120. The van der Waals surface area contributed by atoms with Crippen molar-refractivity contribution in [1.82, 2.24) is 0 Å². The first-order chi connectivity index (χ1) is 33.5. The van der Waals surface area contributed by atoms with Crippen molar-refractivity contribution in [3.05, 3.63) is 215 Å². The van der Waals surface area contributed by atoms with E-state index in [1.807, 2.05) is 0 Å². The van der Waals surface area contributed by atoms with Gasteiger partial charge in [-0.25, -0.2) is 0 Å². The summed E-state index contributed by atoms with van der Waals surface area (Å²) >= 11 is 0. The maximum absolute atomic E-state index is 2.62. The molecule has 69 heavy (non-hydrogen) atoms. The lowest BCUT2D eigenvalue weighted by molar-refractivity contribution is 0.636. The molecule has 0 unspecified atom stereocenters. The molecule has 0 N–H and O–H groups in total. The molecule has 13 aromatic carbocycles. The lowest BCUT2D eigenvalue weighted by atomic mass is 9.71. The molecule has 0 aromatic heterocycles. The first-order valence-corrected chi connectivity index (χ1v) is 24.9. The summed E-state index contributed by atoms with van der Waals surface area (Å²) in [5, 5.41) is 23.9. The van der Waals surface area contributed by atoms with Crippen LogP contribution in [0.15, 0.2) is 182 Å². The lowest BCUT2D eigenvalue weighted by Crippen LogP contribution is -2.22. The van der Waals surface area contributed by atoms with Crippen molar-refractivity contribution in [2.75, 3.05) is 0 Å². The summed E-state index contributed by atoms with van der Waals surface area (Å²) in [5.41, 5.74) is 16.4. The molecule has 13 aromatic rings. The molecule has 3 aliphatic rings. The highest BCUT2D eigenvalue weighted by molar-refractivity contribution is 6.29. The van der Waals surface area contributed by atoms with Crippen LogP contribution in [0.25, 0.3) is 130 Å². The van der Waals surface area contributed by atoms with Crippen LogP contribution in [0.3, 0.4) is 0 Å². The Morgan fingerprint density at radius 2 is 0.362 bits per heavy atom. The fourth-order valence-electron chi connectivity index (χ4n) is 14.9. The summed E-state index contributed by atoms with van der Waals surface area (Å²) in [5.74, 6) is 0. The lowest BCUT2D eigenvalue weighted by Gasteiger charge is -2.31. The van der Waals surface area contributed by atoms with Crippen LogP contribution < -0.4 is 0 Å². The maximum Gasteiger partial charge on any atom is 0.0165 e. The summed E-state index contributed by atoms with van der Waals surface area (Å²) in [7, 11) is 0. The number of fused-ring (bicyclic) bond motifs is 30. The first-order valence-electron chi connectivity index (χ1n) is 24.9. The molecule has 0 bridgehead atoms. The largest absolute Gasteiger partial charge is 0.0616 e. The average Bonchev–Trinajstić information content (AvgIpc) is 3.86. The molecule has 0 atom stereocenters. The summed E-state index contributed by atoms with van der Waals surface area (Å²) < 4.78 is 0. The van der Waals surface area contributed by atoms with Gasteiger partial charge in [-0.15, -0.1) is 0 Å². The standard InChI is InChI=1S/C69H48/c1-67(2)58-34-52-46-28-16-10-22-40(46)37-19-7-13-25-43(37)49(52)31-55(58)61-64(67)62-56-32-50-44-26-14-8-20-38(44)41-23-11-17-29-47(41)53(50)35-59(56)68(3,4)66(62)63-57-33-51-45-27-15-9-21-39(45)42-24-12-18-30-48(42)54(51)36-60(57)69(5,6)65(61)63/h7-36H,1-6H3. The highest BCUT2D eigenvalue weighted by atomic mass is 14.6. The van der Waals surface area contributed by atoms with E-state index in [2.05, 4.69) is 224 Å². The van der Waals surface area contributed by atoms with E-state index in [9.17, 15) is 0 Å². The number of benzene rings is 13. The van der Waals surface area contributed by atoms with Gasteiger partial charge in [0.05, 0.1) is 0 Å². The molecular formula is C69H48. The molecule has 0 aliphatic heterocycles. The van der Waals surface area contributed by atoms with E-state index in [0.717, 1.165) is 0 Å². The van der Waals surface area contributed by atoms with Crippen LogP contribution >= 0.6 is 0 Å². The SMILES string of the molecule is CC1(C)c2cc3c4ccccc4c4ccccc4c3cc2-c2c1c1c(c3c2C(C)(C)c2cc4c5ccccc5c5ccccc5c4cc2-3)C(C)(C)c2cc3c4ccccc4c4ccccc4c3cc2-1. The second-order valence-corrected chi connectivity index (χ2v) is 22.2. The third-order valence-electron chi connectivity index (χ3n) is 17.9. The van der Waals surface area contributed by atoms with E-state index in [4.69, 9.17) is 0 Å². The quantitative estimate of drug-likeness (QED) is 0.133. The Hall–Kier alpha value is -7.80. The van der Waals surface area contributed by atoms with Gasteiger partial charge in [0.1, 0.15) is 0 Å². The van der Waals surface area contributed by atoms with Crippen molar-refractivity contribution in [1.29, 1.82) is 0 Å². The zero-order chi connectivity index (χ0) is 46.0. The molecule has 3 aliphatic carbocycles. The van der Waals surface area contributed by atoms with Gasteiger partial charge in [0.15, 0.2) is 0 Å². The number of hydrogen-bond donors (Lipinski definition) is 0. The van der Waals surface area contributed by atoms with E-state index in [-0.39, 0.29) is 16.2 Å². The molecule has 0 heteroatoms. The number of hydrogen-bond acceptors (Lipinski definition) is 0. The fraction of sp³-hybridized carbons (Fsp3) is 0.130. The van der Waals surface area contributed by atoms with Crippen molar-refractivity contribution in [3.8, 4) is 33.4 Å². The van der Waals surface area contributed by atoms with Crippen molar-refractivity contribution >= 4 is 97.0 Å². The molecule has 0 saturated heterocycles. The van der Waals surface area contributed by atoms with Gasteiger partial charge < -0.3 is 0 Å². The van der Waals surface area contributed by atoms with Gasteiger partial charge in [-0.1, -0.05) is 187 Å². The predicted octanol–water partition coefficient (Wildman–Crippen LogP) is 19.0. The molecule has 0 radical (unpaired) electrons. The Morgan fingerprint density at radius 3 is 0.551 bits per heavy atom. The van der Waals surface area contributed by atoms with Crippen LogP contribution in [0.1, 0.15) is 74.9 Å². The Labute approximate surface area is 401 Å². The molecule has 0 spiro atoms. The van der Waals surface area contributed by atoms with E-state index in [0.29, 0.717) is 0 Å². The van der Waals surface area contributed by atoms with Gasteiger partial charge in [-0.3, -0.25) is 0 Å². The molecule has 0 nitrogen and oxygen atoms in total. The van der Waals surface area contributed by atoms with E-state index < -0.39 is 0 Å². The van der Waals surface area contributed by atoms with Gasteiger partial charge in [-0.05, 0) is 200 Å². The molecule has 16 rings (SSSR count). The smallest absolute Gasteiger partial charge is 0.0165 e. The van der Waals surface area contributed by atoms with Gasteiger partial charge >= 0.3 is 0 Å². The van der Waals surface area contributed by atoms with Gasteiger partial charge in [0, 0.05) is 16.2 Å². The summed E-state index contributed by atoms with van der Waals surface area (Å²) in [4.78, 5) is 0. The molecular weight excluding hydrogens is 829 g/mol. The first kappa shape index (κ1) is 38.2. The zero-order valence-electron chi connectivity index (χ0n) is 39.8. The second-order valence-electron chi connectivity index (χ2n) is 22.2. The van der Waals surface area contributed by atoms with Crippen molar-refractivity contribution in [2.24, 2.45) is 0 Å². The van der Waals surface area contributed by atoms with Crippen LogP contribution in [-0.2, 0) is 16.2 Å². The normalized spacial score (nSPS) is 15.7. The maximum atomic E-state index is 2.62. The van der Waals surface area contributed by atoms with Crippen LogP contribution in [0.4, 0.5) is 0 Å². The van der Waals surface area contributed by atoms with Crippen LogP contribution in [0.5, 0.6) is 0 Å². The van der Waals surface area contributed by atoms with E-state index >= 15 is 0 Å². The highest BCUT2D eigenvalue weighted by Crippen LogP contribution is 2.68. The summed E-state index contributed by atoms with van der Waals surface area (Å²) in [6.07, 6.45) is 0. The Kier molecular flexibility index (Phi) is 6.89. The highest BCUT2D eigenvalue weighted by Gasteiger charge is 2.53. The minimum atomic E-state index is -0.301. The fourth-order valence-corrected chi connectivity index (χ4v) is 14.9. The van der Waals surface area contributed by atoms with E-state index in [1.165, 1.54) is 164 Å². The van der Waals surface area contributed by atoms with Gasteiger partial charge in [-0.2, -0.15) is 0 Å². The molecule has 0 amide bonds. The molecule has 0 heterocycles. The van der Waals surface area contributed by atoms with Crippen molar-refractivity contribution in [3.63, 3.8) is 0 Å². The monoisotopic (exact) mass is 876 g/mol. The Balaban J connectivity index is 1.12. The predicted molar refractivity (Wildman–Crippen MR) is 297 cm³/mol. The van der Waals surface area contributed by atoms with Crippen LogP contribution in [-0.4, -0.2) is 0 Å². The van der Waals surface area contributed by atoms with E-state index in [1.54, 1.807) is 0 Å². The number of rotatable bonds is 0. The molecule has 324 valence electrons. The molecule has 0 fully saturated rings. The van der Waals surface area contributed by atoms with Gasteiger partial charge in [0.25, 0.3) is 0 Å². The van der Waals surface area contributed by atoms with Crippen LogP contribution in [0.2, 0.25) is 0 Å². The average molecular weight is 877 g/mol. The van der Waals surface area contributed by atoms with Crippen molar-refractivity contribution in [2.45, 2.75) is 57.8 Å². The van der Waals surface area contributed by atoms with Crippen LogP contribution in [0, 0.1) is 0 Å². The summed E-state index contributed by atoms with van der Waals surface area (Å²) in [6.45, 7) is 15.2. The topological polar surface area (TPSA) is 0 Å². The third kappa shape index (κ3) is 4.44. The minimum Gasteiger partial charge on any atom is -0.0616 e. The zero-order valence-corrected chi connectivity index (χ0v) is 39.8. The van der Waals surface area contributed by atoms with Gasteiger partial charge in [0.2, 0.25) is 0 Å². The summed E-state index contributed by atoms with van der Waals surface area (Å²) in [6, 6.07) is 70.2. The third-order valence-corrected chi connectivity index (χ3v) is 17.9. The second kappa shape index (κ2) is 12.4. The molecule has 0 saturated carbocycles. The minimum absolute atomic E-state index is 0.301. The Morgan fingerprint density at radius 1 is 0.203 bits per heavy atom. The van der Waals surface area contributed by atoms with Crippen molar-refractivity contribution < 1.29 is 0 Å².